The molecule has 0 aliphatic rings. The Morgan fingerprint density at radius 3 is 2.63 bits per heavy atom. The van der Waals surface area contributed by atoms with Crippen LogP contribution in [0.1, 0.15) is 30.9 Å². The smallest absolute Gasteiger partial charge is 0.134 e. The van der Waals surface area contributed by atoms with E-state index >= 15 is 0 Å². The van der Waals surface area contributed by atoms with Gasteiger partial charge in [0, 0.05) is 24.5 Å². The monoisotopic (exact) mass is 256 g/mol. The van der Waals surface area contributed by atoms with Gasteiger partial charge >= 0.3 is 0 Å². The maximum absolute atomic E-state index is 5.84. The molecule has 3 nitrogen and oxygen atoms in total. The number of hydrogen-bond donors (Lipinski definition) is 1. The predicted molar refractivity (Wildman–Crippen MR) is 77.3 cm³/mol. The fourth-order valence-corrected chi connectivity index (χ4v) is 1.90. The highest BCUT2D eigenvalue weighted by Crippen LogP contribution is 2.24. The van der Waals surface area contributed by atoms with Crippen molar-refractivity contribution in [3.63, 3.8) is 0 Å². The molecule has 0 saturated carbocycles. The van der Waals surface area contributed by atoms with Gasteiger partial charge in [0.25, 0.3) is 0 Å². The molecule has 100 valence electrons. The second-order valence-electron chi connectivity index (χ2n) is 4.54. The van der Waals surface area contributed by atoms with Crippen LogP contribution in [-0.2, 0) is 13.0 Å². The summed E-state index contributed by atoms with van der Waals surface area (Å²) in [7, 11) is 0. The molecule has 0 unspecified atom stereocenters. The molecule has 0 aliphatic heterocycles. The van der Waals surface area contributed by atoms with E-state index in [1.165, 1.54) is 18.4 Å². The number of unbranched alkanes of at least 4 members (excludes halogenated alkanes) is 1. The molecule has 0 bridgehead atoms. The quantitative estimate of drug-likeness (QED) is 0.857. The zero-order valence-corrected chi connectivity index (χ0v) is 11.3. The molecule has 0 saturated heterocycles. The third-order valence-electron chi connectivity index (χ3n) is 3.05. The number of nitrogens with zero attached hydrogens (tertiary/aromatic N) is 1. The first kappa shape index (κ1) is 13.6. The molecule has 0 atom stereocenters. The topological polar surface area (TPSA) is 48.1 Å². The fraction of sp³-hybridized carbons (Fsp3) is 0.312. The number of aryl methyl sites for hydroxylation is 1. The molecule has 1 aromatic carbocycles. The summed E-state index contributed by atoms with van der Waals surface area (Å²) in [5, 5.41) is 0. The molecule has 0 fully saturated rings. The van der Waals surface area contributed by atoms with Gasteiger partial charge in [0.1, 0.15) is 11.5 Å². The van der Waals surface area contributed by atoms with Crippen molar-refractivity contribution in [3.05, 3.63) is 53.9 Å². The van der Waals surface area contributed by atoms with Gasteiger partial charge in [-0.2, -0.15) is 0 Å². The predicted octanol–water partition coefficient (Wildman–Crippen LogP) is 3.68. The van der Waals surface area contributed by atoms with Crippen LogP contribution in [0.25, 0.3) is 0 Å². The molecule has 0 amide bonds. The average Bonchev–Trinajstić information content (AvgIpc) is 2.47. The summed E-state index contributed by atoms with van der Waals surface area (Å²) >= 11 is 0. The van der Waals surface area contributed by atoms with Crippen LogP contribution < -0.4 is 10.5 Å². The van der Waals surface area contributed by atoms with Crippen LogP contribution in [-0.4, -0.2) is 4.98 Å². The fourth-order valence-electron chi connectivity index (χ4n) is 1.90. The Morgan fingerprint density at radius 1 is 1.16 bits per heavy atom. The van der Waals surface area contributed by atoms with Gasteiger partial charge < -0.3 is 10.5 Å². The summed E-state index contributed by atoms with van der Waals surface area (Å²) in [5.41, 5.74) is 7.93. The van der Waals surface area contributed by atoms with Crippen molar-refractivity contribution in [1.29, 1.82) is 0 Å². The molecular formula is C16H20N2O. The van der Waals surface area contributed by atoms with Gasteiger partial charge in [0.2, 0.25) is 0 Å². The third kappa shape index (κ3) is 3.80. The summed E-state index contributed by atoms with van der Waals surface area (Å²) in [5.74, 6) is 1.61. The Morgan fingerprint density at radius 2 is 1.95 bits per heavy atom. The van der Waals surface area contributed by atoms with Crippen LogP contribution in [0.5, 0.6) is 11.5 Å². The zero-order valence-electron chi connectivity index (χ0n) is 11.3. The van der Waals surface area contributed by atoms with Gasteiger partial charge in [0.15, 0.2) is 0 Å². The van der Waals surface area contributed by atoms with Crippen LogP contribution in [0, 0.1) is 0 Å². The van der Waals surface area contributed by atoms with Crippen molar-refractivity contribution >= 4 is 0 Å². The molecule has 2 N–H and O–H groups in total. The number of pyridine rings is 1. The first-order valence-corrected chi connectivity index (χ1v) is 6.73. The lowest BCUT2D eigenvalue weighted by atomic mass is 10.1. The van der Waals surface area contributed by atoms with Gasteiger partial charge in [-0.1, -0.05) is 25.5 Å². The molecule has 1 aromatic heterocycles. The summed E-state index contributed by atoms with van der Waals surface area (Å²) in [6.45, 7) is 2.63. The normalized spacial score (nSPS) is 10.4. The lowest BCUT2D eigenvalue weighted by molar-refractivity contribution is 0.475. The molecular weight excluding hydrogens is 236 g/mol. The largest absolute Gasteiger partial charge is 0.457 e. The van der Waals surface area contributed by atoms with Gasteiger partial charge in [-0.15, -0.1) is 0 Å². The molecule has 3 heteroatoms. The maximum Gasteiger partial charge on any atom is 0.134 e. The Bertz CT molecular complexity index is 508. The van der Waals surface area contributed by atoms with Crippen LogP contribution in [0.4, 0.5) is 0 Å². The van der Waals surface area contributed by atoms with E-state index in [0.717, 1.165) is 23.5 Å². The Labute approximate surface area is 114 Å². The minimum absolute atomic E-state index is 0.428. The van der Waals surface area contributed by atoms with Crippen molar-refractivity contribution in [2.24, 2.45) is 5.73 Å². The number of hydrogen-bond acceptors (Lipinski definition) is 3. The third-order valence-corrected chi connectivity index (χ3v) is 3.05. The van der Waals surface area contributed by atoms with E-state index in [-0.39, 0.29) is 0 Å². The van der Waals surface area contributed by atoms with Gasteiger partial charge in [-0.25, -0.2) is 0 Å². The van der Waals surface area contributed by atoms with Gasteiger partial charge in [0.05, 0.1) is 0 Å². The molecule has 0 spiro atoms. The van der Waals surface area contributed by atoms with Crippen molar-refractivity contribution in [2.45, 2.75) is 32.7 Å². The summed E-state index contributed by atoms with van der Waals surface area (Å²) in [6, 6.07) is 10.1. The van der Waals surface area contributed by atoms with Crippen molar-refractivity contribution in [1.82, 2.24) is 4.98 Å². The van der Waals surface area contributed by atoms with E-state index in [0.29, 0.717) is 6.54 Å². The second-order valence-corrected chi connectivity index (χ2v) is 4.54. The Kier molecular flexibility index (Phi) is 4.93. The van der Waals surface area contributed by atoms with E-state index in [9.17, 15) is 0 Å². The van der Waals surface area contributed by atoms with E-state index in [2.05, 4.69) is 24.0 Å². The molecule has 2 rings (SSSR count). The molecule has 0 radical (unpaired) electrons. The van der Waals surface area contributed by atoms with Crippen LogP contribution in [0.2, 0.25) is 0 Å². The van der Waals surface area contributed by atoms with Crippen molar-refractivity contribution in [2.75, 3.05) is 0 Å². The number of benzene rings is 1. The van der Waals surface area contributed by atoms with Crippen molar-refractivity contribution in [3.8, 4) is 11.5 Å². The minimum atomic E-state index is 0.428. The van der Waals surface area contributed by atoms with Gasteiger partial charge in [-0.3, -0.25) is 4.98 Å². The highest BCUT2D eigenvalue weighted by Gasteiger charge is 2.03. The first-order chi connectivity index (χ1) is 9.33. The number of nitrogens with two attached hydrogens (primary N) is 1. The molecule has 0 aliphatic carbocycles. The maximum atomic E-state index is 5.84. The number of rotatable bonds is 6. The van der Waals surface area contributed by atoms with Gasteiger partial charge in [-0.05, 0) is 36.6 Å². The van der Waals surface area contributed by atoms with Crippen LogP contribution >= 0.6 is 0 Å². The second kappa shape index (κ2) is 6.90. The number of aromatic nitrogens is 1. The Balaban J connectivity index is 2.06. The van der Waals surface area contributed by atoms with Crippen molar-refractivity contribution < 1.29 is 4.74 Å². The highest BCUT2D eigenvalue weighted by atomic mass is 16.5. The van der Waals surface area contributed by atoms with Crippen LogP contribution in [0.3, 0.4) is 0 Å². The lowest BCUT2D eigenvalue weighted by Crippen LogP contribution is -2.00. The average molecular weight is 256 g/mol. The van der Waals surface area contributed by atoms with E-state index < -0.39 is 0 Å². The summed E-state index contributed by atoms with van der Waals surface area (Å²) < 4.78 is 5.84. The van der Waals surface area contributed by atoms with E-state index in [1.54, 1.807) is 12.4 Å². The molecule has 19 heavy (non-hydrogen) atoms. The van der Waals surface area contributed by atoms with E-state index in [1.807, 2.05) is 18.2 Å². The van der Waals surface area contributed by atoms with Crippen LogP contribution in [0.15, 0.2) is 42.7 Å². The highest BCUT2D eigenvalue weighted by molar-refractivity contribution is 5.36. The van der Waals surface area contributed by atoms with E-state index in [4.69, 9.17) is 10.5 Å². The SMILES string of the molecule is CCCCc1ccc(Oc2ccncc2CN)cc1. The number of ether oxygens (including phenoxy) is 1. The zero-order chi connectivity index (χ0) is 13.5. The summed E-state index contributed by atoms with van der Waals surface area (Å²) in [4.78, 5) is 4.05. The minimum Gasteiger partial charge on any atom is -0.457 e. The molecule has 1 heterocycles. The first-order valence-electron chi connectivity index (χ1n) is 6.73. The summed E-state index contributed by atoms with van der Waals surface area (Å²) in [6.07, 6.45) is 7.02. The Hall–Kier alpha value is -1.87. The molecule has 2 aromatic rings. The standard InChI is InChI=1S/C16H20N2O/c1-2-3-4-13-5-7-15(8-6-13)19-16-9-10-18-12-14(16)11-17/h5-10,12H,2-4,11,17H2,1H3. The lowest BCUT2D eigenvalue weighted by Gasteiger charge is -2.09.